The molecule has 0 radical (unpaired) electrons. The lowest BCUT2D eigenvalue weighted by Gasteiger charge is -2.35. The van der Waals surface area contributed by atoms with Gasteiger partial charge in [0, 0.05) is 44.5 Å². The predicted octanol–water partition coefficient (Wildman–Crippen LogP) is 3.15. The number of hydrogen-bond acceptors (Lipinski definition) is 4. The minimum Gasteiger partial charge on any atom is -0.478 e. The van der Waals surface area contributed by atoms with Crippen molar-refractivity contribution in [3.05, 3.63) is 54.6 Å². The van der Waals surface area contributed by atoms with Crippen molar-refractivity contribution in [2.75, 3.05) is 36.4 Å². The van der Waals surface area contributed by atoms with Gasteiger partial charge in [0.2, 0.25) is 5.91 Å². The summed E-state index contributed by atoms with van der Waals surface area (Å²) in [5.74, 6) is 0.569. The highest BCUT2D eigenvalue weighted by Crippen LogP contribution is 2.22. The zero-order chi connectivity index (χ0) is 20.1. The molecule has 2 aromatic carbocycles. The molecule has 0 saturated carbocycles. The van der Waals surface area contributed by atoms with Gasteiger partial charge in [-0.2, -0.15) is 0 Å². The SMILES string of the molecule is CC(=O)N1CCN(c2ccc(NC(=O)C(C)(C)Oc3ccccc3)cc2)CC1. The van der Waals surface area contributed by atoms with E-state index in [2.05, 4.69) is 10.2 Å². The van der Waals surface area contributed by atoms with E-state index in [0.717, 1.165) is 37.6 Å². The maximum Gasteiger partial charge on any atom is 0.267 e. The molecule has 1 aliphatic rings. The van der Waals surface area contributed by atoms with E-state index in [-0.39, 0.29) is 11.8 Å². The van der Waals surface area contributed by atoms with Crippen molar-refractivity contribution in [2.45, 2.75) is 26.4 Å². The topological polar surface area (TPSA) is 61.9 Å². The lowest BCUT2D eigenvalue weighted by molar-refractivity contribution is -0.129. The monoisotopic (exact) mass is 381 g/mol. The van der Waals surface area contributed by atoms with E-state index in [0.29, 0.717) is 5.75 Å². The number of ether oxygens (including phenoxy) is 1. The standard InChI is InChI=1S/C22H27N3O3/c1-17(26)24-13-15-25(16-14-24)19-11-9-18(10-12-19)23-21(27)22(2,3)28-20-7-5-4-6-8-20/h4-12H,13-16H2,1-3H3,(H,23,27). The van der Waals surface area contributed by atoms with Gasteiger partial charge in [-0.1, -0.05) is 18.2 Å². The summed E-state index contributed by atoms with van der Waals surface area (Å²) in [4.78, 5) is 28.2. The van der Waals surface area contributed by atoms with E-state index in [1.807, 2.05) is 59.5 Å². The molecule has 0 spiro atoms. The summed E-state index contributed by atoms with van der Waals surface area (Å²) in [6.45, 7) is 8.19. The number of carbonyl (C=O) groups excluding carboxylic acids is 2. The van der Waals surface area contributed by atoms with Crippen LogP contribution in [0.25, 0.3) is 0 Å². The molecule has 1 heterocycles. The molecule has 0 aromatic heterocycles. The number of amides is 2. The lowest BCUT2D eigenvalue weighted by atomic mass is 10.1. The molecule has 6 nitrogen and oxygen atoms in total. The zero-order valence-electron chi connectivity index (χ0n) is 16.6. The van der Waals surface area contributed by atoms with Crippen LogP contribution in [0.1, 0.15) is 20.8 Å². The largest absolute Gasteiger partial charge is 0.478 e. The maximum atomic E-state index is 12.6. The van der Waals surface area contributed by atoms with Gasteiger partial charge in [0.15, 0.2) is 5.60 Å². The van der Waals surface area contributed by atoms with Gasteiger partial charge in [0.25, 0.3) is 5.91 Å². The van der Waals surface area contributed by atoms with Crippen LogP contribution in [0, 0.1) is 0 Å². The van der Waals surface area contributed by atoms with Gasteiger partial charge in [-0.05, 0) is 50.2 Å². The Morgan fingerprint density at radius 3 is 2.11 bits per heavy atom. The van der Waals surface area contributed by atoms with E-state index in [4.69, 9.17) is 4.74 Å². The van der Waals surface area contributed by atoms with Gasteiger partial charge in [0.05, 0.1) is 0 Å². The highest BCUT2D eigenvalue weighted by molar-refractivity contribution is 5.97. The number of nitrogens with zero attached hydrogens (tertiary/aromatic N) is 2. The summed E-state index contributed by atoms with van der Waals surface area (Å²) in [5, 5.41) is 2.92. The number of benzene rings is 2. The third kappa shape index (κ3) is 4.82. The van der Waals surface area contributed by atoms with Crippen LogP contribution in [0.5, 0.6) is 5.75 Å². The Hall–Kier alpha value is -3.02. The molecule has 148 valence electrons. The van der Waals surface area contributed by atoms with Crippen LogP contribution in [-0.2, 0) is 9.59 Å². The quantitative estimate of drug-likeness (QED) is 0.864. The van der Waals surface area contributed by atoms with Crippen molar-refractivity contribution in [1.82, 2.24) is 4.90 Å². The Kier molecular flexibility index (Phi) is 5.87. The highest BCUT2D eigenvalue weighted by atomic mass is 16.5. The fraction of sp³-hybridized carbons (Fsp3) is 0.364. The van der Waals surface area contributed by atoms with Gasteiger partial charge in [-0.3, -0.25) is 9.59 Å². The molecule has 0 atom stereocenters. The van der Waals surface area contributed by atoms with Gasteiger partial charge in [0.1, 0.15) is 5.75 Å². The summed E-state index contributed by atoms with van der Waals surface area (Å²) >= 11 is 0. The second kappa shape index (κ2) is 8.33. The average Bonchev–Trinajstić information content (AvgIpc) is 2.69. The molecule has 1 N–H and O–H groups in total. The number of anilines is 2. The lowest BCUT2D eigenvalue weighted by Crippen LogP contribution is -2.48. The van der Waals surface area contributed by atoms with Crippen LogP contribution >= 0.6 is 0 Å². The second-order valence-corrected chi connectivity index (χ2v) is 7.42. The van der Waals surface area contributed by atoms with Crippen molar-refractivity contribution in [3.63, 3.8) is 0 Å². The number of carbonyl (C=O) groups is 2. The van der Waals surface area contributed by atoms with Gasteiger partial charge >= 0.3 is 0 Å². The zero-order valence-corrected chi connectivity index (χ0v) is 16.6. The number of nitrogens with one attached hydrogen (secondary N) is 1. The van der Waals surface area contributed by atoms with Crippen LogP contribution < -0.4 is 15.0 Å². The van der Waals surface area contributed by atoms with Crippen molar-refractivity contribution in [2.24, 2.45) is 0 Å². The van der Waals surface area contributed by atoms with Crippen LogP contribution in [0.15, 0.2) is 54.6 Å². The Bertz CT molecular complexity index is 811. The van der Waals surface area contributed by atoms with E-state index >= 15 is 0 Å². The smallest absolute Gasteiger partial charge is 0.267 e. The minimum atomic E-state index is -0.997. The number of piperazine rings is 1. The molecule has 6 heteroatoms. The summed E-state index contributed by atoms with van der Waals surface area (Å²) in [5.41, 5.74) is 0.810. The van der Waals surface area contributed by atoms with E-state index in [1.165, 1.54) is 0 Å². The molecule has 0 bridgehead atoms. The van der Waals surface area contributed by atoms with Crippen molar-refractivity contribution in [3.8, 4) is 5.75 Å². The fourth-order valence-corrected chi connectivity index (χ4v) is 3.15. The molecule has 2 amide bonds. The van der Waals surface area contributed by atoms with Crippen molar-refractivity contribution >= 4 is 23.2 Å². The Balaban J connectivity index is 1.58. The molecule has 3 rings (SSSR count). The average molecular weight is 381 g/mol. The molecule has 0 unspecified atom stereocenters. The fourth-order valence-electron chi connectivity index (χ4n) is 3.15. The Morgan fingerprint density at radius 1 is 0.929 bits per heavy atom. The van der Waals surface area contributed by atoms with Crippen LogP contribution in [0.3, 0.4) is 0 Å². The summed E-state index contributed by atoms with van der Waals surface area (Å²) in [6.07, 6.45) is 0. The molecule has 1 saturated heterocycles. The number of para-hydroxylation sites is 1. The Morgan fingerprint density at radius 2 is 1.54 bits per heavy atom. The minimum absolute atomic E-state index is 0.123. The third-order valence-electron chi connectivity index (χ3n) is 4.88. The molecule has 1 fully saturated rings. The summed E-state index contributed by atoms with van der Waals surface area (Å²) in [6, 6.07) is 17.1. The third-order valence-corrected chi connectivity index (χ3v) is 4.88. The first-order valence-corrected chi connectivity index (χ1v) is 9.51. The maximum absolute atomic E-state index is 12.6. The van der Waals surface area contributed by atoms with Crippen molar-refractivity contribution in [1.29, 1.82) is 0 Å². The molecule has 0 aliphatic carbocycles. The second-order valence-electron chi connectivity index (χ2n) is 7.42. The van der Waals surface area contributed by atoms with E-state index in [1.54, 1.807) is 20.8 Å². The van der Waals surface area contributed by atoms with Gasteiger partial charge in [-0.25, -0.2) is 0 Å². The van der Waals surface area contributed by atoms with Crippen LogP contribution in [0.2, 0.25) is 0 Å². The summed E-state index contributed by atoms with van der Waals surface area (Å²) < 4.78 is 5.83. The first kappa shape index (κ1) is 19.7. The van der Waals surface area contributed by atoms with E-state index in [9.17, 15) is 9.59 Å². The first-order chi connectivity index (χ1) is 13.3. The number of rotatable bonds is 5. The molecule has 1 aliphatic heterocycles. The molecular formula is C22H27N3O3. The highest BCUT2D eigenvalue weighted by Gasteiger charge is 2.30. The van der Waals surface area contributed by atoms with Crippen LogP contribution in [0.4, 0.5) is 11.4 Å². The van der Waals surface area contributed by atoms with Gasteiger partial charge < -0.3 is 19.9 Å². The van der Waals surface area contributed by atoms with Crippen LogP contribution in [-0.4, -0.2) is 48.5 Å². The molecular weight excluding hydrogens is 354 g/mol. The Labute approximate surface area is 166 Å². The first-order valence-electron chi connectivity index (χ1n) is 9.51. The predicted molar refractivity (Wildman–Crippen MR) is 111 cm³/mol. The normalized spacial score (nSPS) is 14.5. The number of hydrogen-bond donors (Lipinski definition) is 1. The van der Waals surface area contributed by atoms with E-state index < -0.39 is 5.60 Å². The van der Waals surface area contributed by atoms with Gasteiger partial charge in [-0.15, -0.1) is 0 Å². The summed E-state index contributed by atoms with van der Waals surface area (Å²) in [7, 11) is 0. The molecule has 2 aromatic rings. The molecule has 28 heavy (non-hydrogen) atoms. The van der Waals surface area contributed by atoms with Crippen molar-refractivity contribution < 1.29 is 14.3 Å².